The van der Waals surface area contributed by atoms with Gasteiger partial charge in [0.05, 0.1) is 6.61 Å². The molecule has 0 saturated carbocycles. The Balaban J connectivity index is 1.90. The van der Waals surface area contributed by atoms with Crippen LogP contribution in [0.4, 0.5) is 4.39 Å². The van der Waals surface area contributed by atoms with E-state index in [-0.39, 0.29) is 6.10 Å². The van der Waals surface area contributed by atoms with Crippen molar-refractivity contribution in [3.63, 3.8) is 0 Å². The van der Waals surface area contributed by atoms with Gasteiger partial charge in [0, 0.05) is 17.6 Å². The number of rotatable bonds is 3. The smallest absolute Gasteiger partial charge is 0.140 e. The maximum absolute atomic E-state index is 13.2. The van der Waals surface area contributed by atoms with Gasteiger partial charge in [0.15, 0.2) is 0 Å². The zero-order chi connectivity index (χ0) is 10.7. The minimum absolute atomic E-state index is 0.308. The lowest BCUT2D eigenvalue weighted by atomic mass is 10.2. The van der Waals surface area contributed by atoms with Gasteiger partial charge in [-0.05, 0) is 11.6 Å². The average Bonchev–Trinajstić information content (AvgIpc) is 2.63. The van der Waals surface area contributed by atoms with Crippen molar-refractivity contribution in [3.05, 3.63) is 34.3 Å². The highest BCUT2D eigenvalue weighted by Crippen LogP contribution is 2.18. The molecule has 1 heterocycles. The molecule has 0 bridgehead atoms. The molecule has 0 spiro atoms. The van der Waals surface area contributed by atoms with Crippen molar-refractivity contribution < 1.29 is 9.13 Å². The Labute approximate surface area is 96.9 Å². The summed E-state index contributed by atoms with van der Waals surface area (Å²) < 4.78 is 19.7. The molecule has 0 amide bonds. The van der Waals surface area contributed by atoms with E-state index < -0.39 is 6.17 Å². The third-order valence-corrected chi connectivity index (χ3v) is 3.27. The monoisotopic (exact) mass is 273 g/mol. The molecule has 15 heavy (non-hydrogen) atoms. The predicted molar refractivity (Wildman–Crippen MR) is 60.5 cm³/mol. The summed E-state index contributed by atoms with van der Waals surface area (Å²) in [6.07, 6.45) is -1.19. The van der Waals surface area contributed by atoms with Gasteiger partial charge in [0.1, 0.15) is 12.3 Å². The Kier molecular flexibility index (Phi) is 3.72. The lowest BCUT2D eigenvalue weighted by Crippen LogP contribution is -2.23. The van der Waals surface area contributed by atoms with Crippen LogP contribution in [0.1, 0.15) is 5.56 Å². The quantitative estimate of drug-likeness (QED) is 0.913. The molecule has 1 aromatic rings. The molecule has 2 atom stereocenters. The summed E-state index contributed by atoms with van der Waals surface area (Å²) in [5, 5.41) is 2.96. The molecule has 0 aliphatic carbocycles. The maximum Gasteiger partial charge on any atom is 0.140 e. The molecule has 0 aromatic heterocycles. The molecule has 1 saturated heterocycles. The molecular weight excluding hydrogens is 261 g/mol. The van der Waals surface area contributed by atoms with Crippen LogP contribution in [0.15, 0.2) is 28.7 Å². The van der Waals surface area contributed by atoms with E-state index in [2.05, 4.69) is 21.2 Å². The van der Waals surface area contributed by atoms with E-state index in [1.165, 1.54) is 0 Å². The summed E-state index contributed by atoms with van der Waals surface area (Å²) in [7, 11) is 0. The van der Waals surface area contributed by atoms with E-state index in [0.29, 0.717) is 19.7 Å². The van der Waals surface area contributed by atoms with Gasteiger partial charge in [0.2, 0.25) is 0 Å². The number of hydrogen-bond acceptors (Lipinski definition) is 2. The number of ether oxygens (including phenoxy) is 1. The fraction of sp³-hybridized carbons (Fsp3) is 0.455. The summed E-state index contributed by atoms with van der Waals surface area (Å²) in [6.45, 7) is 1.46. The van der Waals surface area contributed by atoms with E-state index >= 15 is 0 Å². The molecule has 1 aromatic carbocycles. The van der Waals surface area contributed by atoms with Crippen LogP contribution >= 0.6 is 15.9 Å². The average molecular weight is 274 g/mol. The fourth-order valence-corrected chi connectivity index (χ4v) is 2.00. The van der Waals surface area contributed by atoms with Crippen molar-refractivity contribution in [1.29, 1.82) is 0 Å². The zero-order valence-corrected chi connectivity index (χ0v) is 9.84. The maximum atomic E-state index is 13.2. The predicted octanol–water partition coefficient (Wildman–Crippen LogP) is 2.28. The van der Waals surface area contributed by atoms with Crippen LogP contribution in [0.3, 0.4) is 0 Å². The highest BCUT2D eigenvalue weighted by Gasteiger charge is 2.27. The van der Waals surface area contributed by atoms with Gasteiger partial charge in [-0.3, -0.25) is 0 Å². The highest BCUT2D eigenvalue weighted by molar-refractivity contribution is 9.10. The van der Waals surface area contributed by atoms with Crippen LogP contribution in [-0.2, 0) is 11.3 Å². The normalized spacial score (nSPS) is 25.7. The number of alkyl halides is 1. The minimum atomic E-state index is -0.882. The molecule has 82 valence electrons. The summed E-state index contributed by atoms with van der Waals surface area (Å²) in [6, 6.07) is 7.82. The van der Waals surface area contributed by atoms with Gasteiger partial charge in [-0.2, -0.15) is 0 Å². The lowest BCUT2D eigenvalue weighted by molar-refractivity contribution is 0.0137. The Bertz CT molecular complexity index is 334. The zero-order valence-electron chi connectivity index (χ0n) is 8.25. The van der Waals surface area contributed by atoms with E-state index in [4.69, 9.17) is 4.74 Å². The third-order valence-electron chi connectivity index (χ3n) is 2.50. The summed E-state index contributed by atoms with van der Waals surface area (Å²) in [5.41, 5.74) is 1.05. The van der Waals surface area contributed by atoms with Crippen molar-refractivity contribution in [2.75, 3.05) is 13.1 Å². The van der Waals surface area contributed by atoms with Crippen molar-refractivity contribution in [3.8, 4) is 0 Å². The highest BCUT2D eigenvalue weighted by atomic mass is 79.9. The van der Waals surface area contributed by atoms with Crippen LogP contribution in [0.2, 0.25) is 0 Å². The Morgan fingerprint density at radius 2 is 2.20 bits per heavy atom. The van der Waals surface area contributed by atoms with Gasteiger partial charge >= 0.3 is 0 Å². The van der Waals surface area contributed by atoms with Gasteiger partial charge in [-0.15, -0.1) is 0 Å². The van der Waals surface area contributed by atoms with Gasteiger partial charge in [-0.25, -0.2) is 4.39 Å². The largest absolute Gasteiger partial charge is 0.369 e. The molecule has 1 N–H and O–H groups in total. The number of nitrogens with one attached hydrogen (secondary N) is 1. The lowest BCUT2D eigenvalue weighted by Gasteiger charge is -2.13. The first-order chi connectivity index (χ1) is 7.27. The summed E-state index contributed by atoms with van der Waals surface area (Å²) in [5.74, 6) is 0. The van der Waals surface area contributed by atoms with E-state index in [9.17, 15) is 4.39 Å². The van der Waals surface area contributed by atoms with Crippen LogP contribution < -0.4 is 5.32 Å². The molecular formula is C11H13BrFNO. The molecule has 1 aliphatic rings. The molecule has 2 rings (SSSR count). The Hall–Kier alpha value is -0.450. The molecule has 4 heteroatoms. The first kappa shape index (κ1) is 11.0. The molecule has 1 aliphatic heterocycles. The minimum Gasteiger partial charge on any atom is -0.369 e. The molecule has 0 radical (unpaired) electrons. The standard InChI is InChI=1S/C11H13BrFNO/c12-9-4-2-1-3-8(9)7-15-11-6-14-5-10(11)13/h1-4,10-11,14H,5-7H2. The van der Waals surface area contributed by atoms with Gasteiger partial charge < -0.3 is 10.1 Å². The number of halogens is 2. The van der Waals surface area contributed by atoms with Gasteiger partial charge in [-0.1, -0.05) is 34.1 Å². The van der Waals surface area contributed by atoms with Crippen LogP contribution in [-0.4, -0.2) is 25.4 Å². The van der Waals surface area contributed by atoms with E-state index in [1.807, 2.05) is 24.3 Å². The van der Waals surface area contributed by atoms with Gasteiger partial charge in [0.25, 0.3) is 0 Å². The van der Waals surface area contributed by atoms with Crippen molar-refractivity contribution in [1.82, 2.24) is 5.32 Å². The first-order valence-corrected chi connectivity index (χ1v) is 5.76. The second-order valence-electron chi connectivity index (χ2n) is 3.62. The van der Waals surface area contributed by atoms with Crippen molar-refractivity contribution in [2.24, 2.45) is 0 Å². The molecule has 2 nitrogen and oxygen atoms in total. The SMILES string of the molecule is FC1CNCC1OCc1ccccc1Br. The van der Waals surface area contributed by atoms with Crippen LogP contribution in [0.25, 0.3) is 0 Å². The number of hydrogen-bond donors (Lipinski definition) is 1. The fourth-order valence-electron chi connectivity index (χ4n) is 1.60. The van der Waals surface area contributed by atoms with E-state index in [0.717, 1.165) is 10.0 Å². The second kappa shape index (κ2) is 5.05. The topological polar surface area (TPSA) is 21.3 Å². The molecule has 2 unspecified atom stereocenters. The Morgan fingerprint density at radius 1 is 1.40 bits per heavy atom. The first-order valence-electron chi connectivity index (χ1n) is 4.97. The third kappa shape index (κ3) is 2.77. The Morgan fingerprint density at radius 3 is 2.87 bits per heavy atom. The van der Waals surface area contributed by atoms with Crippen molar-refractivity contribution >= 4 is 15.9 Å². The van der Waals surface area contributed by atoms with E-state index in [1.54, 1.807) is 0 Å². The molecule has 1 fully saturated rings. The van der Waals surface area contributed by atoms with Crippen molar-refractivity contribution in [2.45, 2.75) is 18.9 Å². The summed E-state index contributed by atoms with van der Waals surface area (Å²) >= 11 is 3.43. The second-order valence-corrected chi connectivity index (χ2v) is 4.47. The number of benzene rings is 1. The van der Waals surface area contributed by atoms with Crippen LogP contribution in [0, 0.1) is 0 Å². The van der Waals surface area contributed by atoms with Crippen LogP contribution in [0.5, 0.6) is 0 Å². The summed E-state index contributed by atoms with van der Waals surface area (Å²) in [4.78, 5) is 0.